The van der Waals surface area contributed by atoms with Gasteiger partial charge in [-0.1, -0.05) is 24.3 Å². The summed E-state index contributed by atoms with van der Waals surface area (Å²) in [5.74, 6) is 2.78. The Labute approximate surface area is 165 Å². The van der Waals surface area contributed by atoms with Crippen LogP contribution in [0.15, 0.2) is 53.3 Å². The molecule has 0 aliphatic carbocycles. The lowest BCUT2D eigenvalue weighted by Crippen LogP contribution is -2.16. The van der Waals surface area contributed by atoms with Crippen LogP contribution in [0.2, 0.25) is 0 Å². The Morgan fingerprint density at radius 1 is 1.15 bits per heavy atom. The first-order chi connectivity index (χ1) is 13.2. The molecule has 2 N–H and O–H groups in total. The third-order valence-corrected chi connectivity index (χ3v) is 7.42. The number of hydrogen-bond donors (Lipinski definition) is 2. The molecule has 0 unspecified atom stereocenters. The minimum absolute atomic E-state index is 0.0883. The molecule has 0 atom stereocenters. The minimum Gasteiger partial charge on any atom is -0.326 e. The third kappa shape index (κ3) is 4.36. The molecule has 0 radical (unpaired) electrons. The highest BCUT2D eigenvalue weighted by Gasteiger charge is 2.18. The molecule has 1 aliphatic rings. The molecular weight excluding hydrogens is 378 g/mol. The van der Waals surface area contributed by atoms with Crippen LogP contribution in [0.1, 0.15) is 22.4 Å². The number of para-hydroxylation sites is 1. The van der Waals surface area contributed by atoms with Crippen LogP contribution in [0, 0.1) is 0 Å². The standard InChI is InChI=1S/C20H19N3O2S2/c24-18(21-14-5-3-4-13(12-14)20-26-10-11-27-20)9-8-17-22-16-7-2-1-6-15(16)19(25)23-17/h1-7,12,20H,8-11H2,(H,21,24)(H,22,23,25). The van der Waals surface area contributed by atoms with Crippen molar-refractivity contribution in [2.45, 2.75) is 17.4 Å². The Balaban J connectivity index is 1.40. The van der Waals surface area contributed by atoms with E-state index in [0.717, 1.165) is 5.69 Å². The number of H-pyrrole nitrogens is 1. The maximum absolute atomic E-state index is 12.3. The Morgan fingerprint density at radius 3 is 2.81 bits per heavy atom. The zero-order valence-corrected chi connectivity index (χ0v) is 16.2. The molecule has 2 heterocycles. The van der Waals surface area contributed by atoms with Gasteiger partial charge in [-0.3, -0.25) is 9.59 Å². The highest BCUT2D eigenvalue weighted by molar-refractivity contribution is 8.19. The Kier molecular flexibility index (Phi) is 5.50. The molecule has 4 rings (SSSR count). The number of hydrogen-bond acceptors (Lipinski definition) is 5. The van der Waals surface area contributed by atoms with Crippen molar-refractivity contribution in [3.05, 3.63) is 70.3 Å². The summed E-state index contributed by atoms with van der Waals surface area (Å²) in [6, 6.07) is 15.2. The van der Waals surface area contributed by atoms with Gasteiger partial charge < -0.3 is 10.3 Å². The van der Waals surface area contributed by atoms with Crippen molar-refractivity contribution in [3.8, 4) is 0 Å². The first-order valence-corrected chi connectivity index (χ1v) is 10.9. The molecule has 7 heteroatoms. The van der Waals surface area contributed by atoms with Crippen molar-refractivity contribution in [1.82, 2.24) is 9.97 Å². The van der Waals surface area contributed by atoms with Gasteiger partial charge in [0, 0.05) is 30.0 Å². The number of carbonyl (C=O) groups excluding carboxylic acids is 1. The van der Waals surface area contributed by atoms with E-state index >= 15 is 0 Å². The lowest BCUT2D eigenvalue weighted by Gasteiger charge is -2.11. The summed E-state index contributed by atoms with van der Waals surface area (Å²) in [7, 11) is 0. The van der Waals surface area contributed by atoms with E-state index in [1.54, 1.807) is 12.1 Å². The first kappa shape index (κ1) is 18.1. The molecule has 1 saturated heterocycles. The maximum atomic E-state index is 12.3. The van der Waals surface area contributed by atoms with Gasteiger partial charge in [0.25, 0.3) is 5.56 Å². The third-order valence-electron chi connectivity index (χ3n) is 4.32. The summed E-state index contributed by atoms with van der Waals surface area (Å²) in [5, 5.41) is 3.51. The van der Waals surface area contributed by atoms with Gasteiger partial charge in [0.15, 0.2) is 0 Å². The van der Waals surface area contributed by atoms with E-state index in [0.29, 0.717) is 27.7 Å². The summed E-state index contributed by atoms with van der Waals surface area (Å²) in [5.41, 5.74) is 2.53. The molecule has 0 bridgehead atoms. The Bertz CT molecular complexity index is 1030. The molecule has 5 nitrogen and oxygen atoms in total. The molecule has 0 spiro atoms. The van der Waals surface area contributed by atoms with Crippen LogP contribution in [0.25, 0.3) is 10.9 Å². The number of nitrogens with zero attached hydrogens (tertiary/aromatic N) is 1. The van der Waals surface area contributed by atoms with Gasteiger partial charge >= 0.3 is 0 Å². The first-order valence-electron chi connectivity index (χ1n) is 8.80. The molecule has 27 heavy (non-hydrogen) atoms. The van der Waals surface area contributed by atoms with Gasteiger partial charge in [-0.2, -0.15) is 0 Å². The fourth-order valence-electron chi connectivity index (χ4n) is 3.02. The number of fused-ring (bicyclic) bond motifs is 1. The van der Waals surface area contributed by atoms with Crippen molar-refractivity contribution >= 4 is 46.0 Å². The normalized spacial score (nSPS) is 14.5. The molecule has 1 amide bonds. The molecule has 138 valence electrons. The van der Waals surface area contributed by atoms with Crippen LogP contribution in [-0.4, -0.2) is 27.4 Å². The van der Waals surface area contributed by atoms with Crippen LogP contribution >= 0.6 is 23.5 Å². The number of benzene rings is 2. The SMILES string of the molecule is O=C(CCc1nc2ccccc2c(=O)[nH]1)Nc1cccc(C2SCCS2)c1. The fourth-order valence-corrected chi connectivity index (χ4v) is 5.86. The monoisotopic (exact) mass is 397 g/mol. The van der Waals surface area contributed by atoms with Crippen LogP contribution < -0.4 is 10.9 Å². The van der Waals surface area contributed by atoms with E-state index in [4.69, 9.17) is 0 Å². The number of thioether (sulfide) groups is 2. The zero-order valence-electron chi connectivity index (χ0n) is 14.6. The number of amides is 1. The van der Waals surface area contributed by atoms with Gasteiger partial charge in [-0.05, 0) is 29.8 Å². The number of aromatic nitrogens is 2. The van der Waals surface area contributed by atoms with Gasteiger partial charge in [0.05, 0.1) is 15.5 Å². The largest absolute Gasteiger partial charge is 0.326 e. The topological polar surface area (TPSA) is 74.8 Å². The second-order valence-corrected chi connectivity index (χ2v) is 9.00. The van der Waals surface area contributed by atoms with Crippen molar-refractivity contribution < 1.29 is 4.79 Å². The van der Waals surface area contributed by atoms with Crippen LogP contribution in [0.4, 0.5) is 5.69 Å². The van der Waals surface area contributed by atoms with Crippen molar-refractivity contribution in [2.75, 3.05) is 16.8 Å². The molecule has 1 aliphatic heterocycles. The van der Waals surface area contributed by atoms with Crippen molar-refractivity contribution in [2.24, 2.45) is 0 Å². The number of anilines is 1. The highest BCUT2D eigenvalue weighted by atomic mass is 32.2. The quantitative estimate of drug-likeness (QED) is 0.681. The second kappa shape index (κ2) is 8.19. The fraction of sp³-hybridized carbons (Fsp3) is 0.250. The number of aryl methyl sites for hydroxylation is 1. The molecule has 0 saturated carbocycles. The predicted molar refractivity (Wildman–Crippen MR) is 113 cm³/mol. The number of aromatic amines is 1. The van der Waals surface area contributed by atoms with E-state index < -0.39 is 0 Å². The summed E-state index contributed by atoms with van der Waals surface area (Å²) in [4.78, 5) is 31.6. The lowest BCUT2D eigenvalue weighted by atomic mass is 10.2. The van der Waals surface area contributed by atoms with Crippen LogP contribution in [-0.2, 0) is 11.2 Å². The predicted octanol–water partition coefficient (Wildman–Crippen LogP) is 3.97. The summed E-state index contributed by atoms with van der Waals surface area (Å²) in [6.07, 6.45) is 0.651. The smallest absolute Gasteiger partial charge is 0.258 e. The Morgan fingerprint density at radius 2 is 1.96 bits per heavy atom. The van der Waals surface area contributed by atoms with Crippen molar-refractivity contribution in [3.63, 3.8) is 0 Å². The molecule has 1 fully saturated rings. The molecular formula is C20H19N3O2S2. The average molecular weight is 398 g/mol. The molecule has 1 aromatic heterocycles. The van der Waals surface area contributed by atoms with Crippen molar-refractivity contribution in [1.29, 1.82) is 0 Å². The second-order valence-electron chi connectivity index (χ2n) is 6.28. The molecule has 2 aromatic carbocycles. The van der Waals surface area contributed by atoms with E-state index in [1.807, 2.05) is 53.9 Å². The molecule has 3 aromatic rings. The summed E-state index contributed by atoms with van der Waals surface area (Å²) >= 11 is 3.88. The number of rotatable bonds is 5. The minimum atomic E-state index is -0.171. The summed E-state index contributed by atoms with van der Waals surface area (Å²) in [6.45, 7) is 0. The zero-order chi connectivity index (χ0) is 18.6. The van der Waals surface area contributed by atoms with Gasteiger partial charge in [0.1, 0.15) is 5.82 Å². The lowest BCUT2D eigenvalue weighted by molar-refractivity contribution is -0.116. The number of nitrogens with one attached hydrogen (secondary N) is 2. The average Bonchev–Trinajstić information content (AvgIpc) is 3.22. The van der Waals surface area contributed by atoms with E-state index in [1.165, 1.54) is 17.1 Å². The van der Waals surface area contributed by atoms with E-state index in [2.05, 4.69) is 21.4 Å². The van der Waals surface area contributed by atoms with E-state index in [9.17, 15) is 9.59 Å². The highest BCUT2D eigenvalue weighted by Crippen LogP contribution is 2.45. The van der Waals surface area contributed by atoms with Crippen LogP contribution in [0.3, 0.4) is 0 Å². The Hall–Kier alpha value is -2.25. The number of carbonyl (C=O) groups is 1. The van der Waals surface area contributed by atoms with E-state index in [-0.39, 0.29) is 17.9 Å². The van der Waals surface area contributed by atoms with Gasteiger partial charge in [0.2, 0.25) is 5.91 Å². The van der Waals surface area contributed by atoms with Gasteiger partial charge in [-0.25, -0.2) is 4.98 Å². The van der Waals surface area contributed by atoms with Gasteiger partial charge in [-0.15, -0.1) is 23.5 Å². The van der Waals surface area contributed by atoms with Crippen LogP contribution in [0.5, 0.6) is 0 Å². The summed E-state index contributed by atoms with van der Waals surface area (Å²) < 4.78 is 0.453. The maximum Gasteiger partial charge on any atom is 0.258 e.